The molecular weight excluding hydrogens is 372 g/mol. The molecule has 2 heterocycles. The van der Waals surface area contributed by atoms with Crippen LogP contribution < -0.4 is 0 Å². The summed E-state index contributed by atoms with van der Waals surface area (Å²) in [6.45, 7) is 4.18. The number of cyclic esters (lactones) is 1. The summed E-state index contributed by atoms with van der Waals surface area (Å²) >= 11 is 0. The number of methoxy groups -OCH3 is 1. The van der Waals surface area contributed by atoms with E-state index in [9.17, 15) is 9.59 Å². The average Bonchev–Trinajstić information content (AvgIpc) is 3.25. The zero-order chi connectivity index (χ0) is 20.3. The lowest BCUT2D eigenvalue weighted by Crippen LogP contribution is -2.40. The molecule has 2 saturated heterocycles. The van der Waals surface area contributed by atoms with Crippen molar-refractivity contribution in [1.82, 2.24) is 0 Å². The molecule has 0 radical (unpaired) electrons. The van der Waals surface area contributed by atoms with Crippen molar-refractivity contribution in [2.75, 3.05) is 13.7 Å². The lowest BCUT2D eigenvalue weighted by Gasteiger charge is -2.44. The number of fused-ring (bicyclic) bond motifs is 4. The molecule has 0 bridgehead atoms. The molecule has 5 rings (SSSR count). The Morgan fingerprint density at radius 1 is 1.21 bits per heavy atom. The molecule has 3 fully saturated rings. The number of carbonyl (C=O) groups excluding carboxylic acids is 2. The van der Waals surface area contributed by atoms with E-state index in [4.69, 9.17) is 18.9 Å². The second kappa shape index (κ2) is 6.81. The normalized spacial score (nSPS) is 42.2. The van der Waals surface area contributed by atoms with Crippen molar-refractivity contribution < 1.29 is 28.5 Å². The zero-order valence-electron chi connectivity index (χ0n) is 17.1. The standard InChI is InChI=1S/C23H28O6/c1-23(2)27-11-18(29-23)20-17-10-8-13-12-5-4-6-16(21(24)26-3)14(12)7-9-15(13)19(17)22(25)28-20/h4-5,8,10,12-14,16-18,20H,6-7,9,11H2,1-3H3/t12-,13-,14-,16-,17-,18+,20-/m0/s1. The molecule has 0 aromatic rings. The summed E-state index contributed by atoms with van der Waals surface area (Å²) in [5.41, 5.74) is 1.99. The van der Waals surface area contributed by atoms with Gasteiger partial charge in [-0.25, -0.2) is 4.79 Å². The molecule has 2 aliphatic heterocycles. The largest absolute Gasteiger partial charge is 0.469 e. The molecule has 1 saturated carbocycles. The SMILES string of the molecule is COC(=O)[C@H]1CC=C[C@@H]2[C@@H]1CCC1=C3C(=O)O[C@H]([C@H]4COC(C)(C)O4)[C@H]3C=C[C@H]12. The fourth-order valence-electron chi connectivity index (χ4n) is 5.99. The first kappa shape index (κ1) is 19.1. The maximum absolute atomic E-state index is 12.9. The molecule has 0 aromatic carbocycles. The highest BCUT2D eigenvalue weighted by molar-refractivity contribution is 5.93. The van der Waals surface area contributed by atoms with E-state index < -0.39 is 5.79 Å². The topological polar surface area (TPSA) is 71.1 Å². The van der Waals surface area contributed by atoms with Crippen molar-refractivity contribution >= 4 is 11.9 Å². The molecule has 156 valence electrons. The number of rotatable bonds is 2. The van der Waals surface area contributed by atoms with E-state index in [-0.39, 0.29) is 53.7 Å². The van der Waals surface area contributed by atoms with Crippen LogP contribution in [0.5, 0.6) is 0 Å². The van der Waals surface area contributed by atoms with Crippen molar-refractivity contribution in [3.8, 4) is 0 Å². The lowest BCUT2D eigenvalue weighted by molar-refractivity contribution is -0.162. The third-order valence-corrected chi connectivity index (χ3v) is 7.25. The van der Waals surface area contributed by atoms with Gasteiger partial charge in [-0.3, -0.25) is 4.79 Å². The number of ether oxygens (including phenoxy) is 4. The van der Waals surface area contributed by atoms with Gasteiger partial charge in [0.2, 0.25) is 0 Å². The fraction of sp³-hybridized carbons (Fsp3) is 0.652. The highest BCUT2D eigenvalue weighted by Crippen LogP contribution is 2.52. The van der Waals surface area contributed by atoms with E-state index in [1.54, 1.807) is 0 Å². The number of esters is 2. The van der Waals surface area contributed by atoms with E-state index in [2.05, 4.69) is 24.3 Å². The van der Waals surface area contributed by atoms with Crippen LogP contribution >= 0.6 is 0 Å². The van der Waals surface area contributed by atoms with Gasteiger partial charge in [0.25, 0.3) is 0 Å². The van der Waals surface area contributed by atoms with E-state index >= 15 is 0 Å². The predicted octanol–water partition coefficient (Wildman–Crippen LogP) is 2.94. The van der Waals surface area contributed by atoms with Crippen LogP contribution in [0.15, 0.2) is 35.5 Å². The maximum atomic E-state index is 12.9. The first-order valence-electron chi connectivity index (χ1n) is 10.6. The summed E-state index contributed by atoms with van der Waals surface area (Å²) in [4.78, 5) is 25.1. The third-order valence-electron chi connectivity index (χ3n) is 7.25. The van der Waals surface area contributed by atoms with Gasteiger partial charge in [-0.15, -0.1) is 0 Å². The highest BCUT2D eigenvalue weighted by atomic mass is 16.8. The summed E-state index contributed by atoms with van der Waals surface area (Å²) < 4.78 is 22.5. The molecule has 29 heavy (non-hydrogen) atoms. The molecule has 0 spiro atoms. The van der Waals surface area contributed by atoms with Crippen molar-refractivity contribution in [2.45, 2.75) is 51.1 Å². The van der Waals surface area contributed by atoms with Crippen molar-refractivity contribution in [3.05, 3.63) is 35.5 Å². The number of hydrogen-bond acceptors (Lipinski definition) is 6. The van der Waals surface area contributed by atoms with Gasteiger partial charge in [0.05, 0.1) is 19.6 Å². The zero-order valence-corrected chi connectivity index (χ0v) is 17.1. The molecule has 0 aromatic heterocycles. The molecule has 6 heteroatoms. The van der Waals surface area contributed by atoms with Crippen LogP contribution in [0.1, 0.15) is 33.1 Å². The molecular formula is C23H28O6. The average molecular weight is 400 g/mol. The van der Waals surface area contributed by atoms with Crippen LogP contribution in [0.3, 0.4) is 0 Å². The second-order valence-corrected chi connectivity index (χ2v) is 9.19. The molecule has 7 atom stereocenters. The van der Waals surface area contributed by atoms with Gasteiger partial charge < -0.3 is 18.9 Å². The van der Waals surface area contributed by atoms with Gasteiger partial charge in [-0.05, 0) is 44.9 Å². The van der Waals surface area contributed by atoms with Crippen LogP contribution in [0, 0.1) is 29.6 Å². The molecule has 0 amide bonds. The Hall–Kier alpha value is -1.92. The Balaban J connectivity index is 1.43. The fourth-order valence-corrected chi connectivity index (χ4v) is 5.99. The van der Waals surface area contributed by atoms with Gasteiger partial charge in [0, 0.05) is 17.4 Å². The van der Waals surface area contributed by atoms with Gasteiger partial charge in [-0.2, -0.15) is 0 Å². The minimum Gasteiger partial charge on any atom is -0.469 e. The van der Waals surface area contributed by atoms with Crippen LogP contribution in [-0.4, -0.2) is 43.7 Å². The van der Waals surface area contributed by atoms with E-state index in [1.165, 1.54) is 12.7 Å². The highest BCUT2D eigenvalue weighted by Gasteiger charge is 2.53. The Bertz CT molecular complexity index is 821. The van der Waals surface area contributed by atoms with Crippen molar-refractivity contribution in [2.24, 2.45) is 29.6 Å². The van der Waals surface area contributed by atoms with Gasteiger partial charge >= 0.3 is 11.9 Å². The molecule has 3 aliphatic carbocycles. The smallest absolute Gasteiger partial charge is 0.335 e. The van der Waals surface area contributed by atoms with Crippen LogP contribution in [-0.2, 0) is 28.5 Å². The summed E-state index contributed by atoms with van der Waals surface area (Å²) in [5, 5.41) is 0. The Kier molecular flexibility index (Phi) is 4.48. The minimum atomic E-state index is -0.651. The Morgan fingerprint density at radius 2 is 2.00 bits per heavy atom. The summed E-state index contributed by atoms with van der Waals surface area (Å²) in [7, 11) is 1.46. The Morgan fingerprint density at radius 3 is 2.72 bits per heavy atom. The first-order valence-corrected chi connectivity index (χ1v) is 10.6. The van der Waals surface area contributed by atoms with E-state index in [0.717, 1.165) is 24.8 Å². The monoisotopic (exact) mass is 400 g/mol. The minimum absolute atomic E-state index is 0.0863. The molecule has 0 unspecified atom stereocenters. The van der Waals surface area contributed by atoms with E-state index in [0.29, 0.717) is 6.61 Å². The molecule has 5 aliphatic rings. The Labute approximate surface area is 170 Å². The van der Waals surface area contributed by atoms with Crippen molar-refractivity contribution in [1.29, 1.82) is 0 Å². The van der Waals surface area contributed by atoms with Crippen LogP contribution in [0.25, 0.3) is 0 Å². The molecule has 0 N–H and O–H groups in total. The maximum Gasteiger partial charge on any atom is 0.335 e. The van der Waals surface area contributed by atoms with Gasteiger partial charge in [0.15, 0.2) is 5.79 Å². The van der Waals surface area contributed by atoms with Gasteiger partial charge in [-0.1, -0.05) is 29.9 Å². The second-order valence-electron chi connectivity index (χ2n) is 9.19. The van der Waals surface area contributed by atoms with Gasteiger partial charge in [0.1, 0.15) is 12.2 Å². The number of allylic oxidation sites excluding steroid dienone is 4. The van der Waals surface area contributed by atoms with Crippen molar-refractivity contribution in [3.63, 3.8) is 0 Å². The summed E-state index contributed by atoms with van der Waals surface area (Å²) in [6.07, 6.45) is 10.5. The summed E-state index contributed by atoms with van der Waals surface area (Å²) in [5.74, 6) is -0.561. The van der Waals surface area contributed by atoms with Crippen LogP contribution in [0.4, 0.5) is 0 Å². The van der Waals surface area contributed by atoms with Crippen LogP contribution in [0.2, 0.25) is 0 Å². The first-order chi connectivity index (χ1) is 13.9. The number of hydrogen-bond donors (Lipinski definition) is 0. The molecule has 6 nitrogen and oxygen atoms in total. The predicted molar refractivity (Wildman–Crippen MR) is 103 cm³/mol. The summed E-state index contributed by atoms with van der Waals surface area (Å²) in [6, 6.07) is 0. The third kappa shape index (κ3) is 2.99. The lowest BCUT2D eigenvalue weighted by atomic mass is 9.59. The quantitative estimate of drug-likeness (QED) is 0.524. The van der Waals surface area contributed by atoms with E-state index in [1.807, 2.05) is 13.8 Å². The number of carbonyl (C=O) groups is 2.